The number of rotatable bonds is 3. The molecule has 1 atom stereocenters. The first-order chi connectivity index (χ1) is 13.7. The summed E-state index contributed by atoms with van der Waals surface area (Å²) in [6.45, 7) is -0.477. The lowest BCUT2D eigenvalue weighted by Gasteiger charge is -2.34. The highest BCUT2D eigenvalue weighted by Gasteiger charge is 2.44. The number of ether oxygens (including phenoxy) is 1. The molecule has 1 aromatic carbocycles. The van der Waals surface area contributed by atoms with Gasteiger partial charge >= 0.3 is 6.18 Å². The zero-order valence-electron chi connectivity index (χ0n) is 14.8. The molecule has 2 aromatic heterocycles. The molecule has 12 heteroatoms. The maximum atomic E-state index is 13.1. The van der Waals surface area contributed by atoms with Crippen LogP contribution in [-0.4, -0.2) is 55.3 Å². The molecule has 0 saturated carbocycles. The van der Waals surface area contributed by atoms with Crippen LogP contribution >= 0.6 is 0 Å². The normalized spacial score (nSPS) is 18.3. The third kappa shape index (κ3) is 3.38. The highest BCUT2D eigenvalue weighted by molar-refractivity contribution is 7.92. The van der Waals surface area contributed by atoms with Crippen LogP contribution in [0.3, 0.4) is 0 Å². The summed E-state index contributed by atoms with van der Waals surface area (Å²) in [5, 5.41) is 0. The number of nitrogens with one attached hydrogen (secondary N) is 1. The molecular weight excluding hydrogens is 411 g/mol. The number of H-pyrrole nitrogens is 1. The van der Waals surface area contributed by atoms with Gasteiger partial charge in [-0.3, -0.25) is 0 Å². The average molecular weight is 427 g/mol. The first kappa shape index (κ1) is 19.5. The Bertz CT molecular complexity index is 1150. The van der Waals surface area contributed by atoms with Gasteiger partial charge < -0.3 is 20.4 Å². The Morgan fingerprint density at radius 2 is 1.93 bits per heavy atom. The molecule has 0 amide bonds. The maximum absolute atomic E-state index is 13.1. The topological polar surface area (TPSA) is 114 Å². The van der Waals surface area contributed by atoms with Gasteiger partial charge in [0.25, 0.3) is 0 Å². The number of hydrogen-bond donors (Lipinski definition) is 2. The summed E-state index contributed by atoms with van der Waals surface area (Å²) in [5.41, 5.74) is 6.12. The van der Waals surface area contributed by atoms with E-state index in [0.717, 1.165) is 6.33 Å². The van der Waals surface area contributed by atoms with Crippen LogP contribution in [0, 0.1) is 0 Å². The standard InChI is InChI=1S/C17H16F3N5O3S/c18-17(19,20)11-8-25(6-7-28-11)16-13-12(22-9-23-16)14(15(21)24-13)29(26,27)10-4-2-1-3-5-10/h1-5,9,11,24H,6-8,21H2. The van der Waals surface area contributed by atoms with Crippen molar-refractivity contribution in [3.63, 3.8) is 0 Å². The van der Waals surface area contributed by atoms with Crippen molar-refractivity contribution >= 4 is 32.5 Å². The van der Waals surface area contributed by atoms with Crippen molar-refractivity contribution in [1.29, 1.82) is 0 Å². The smallest absolute Gasteiger partial charge is 0.384 e. The van der Waals surface area contributed by atoms with Crippen LogP contribution in [-0.2, 0) is 14.6 Å². The lowest BCUT2D eigenvalue weighted by Crippen LogP contribution is -2.49. The second-order valence-corrected chi connectivity index (χ2v) is 8.34. The summed E-state index contributed by atoms with van der Waals surface area (Å²) in [6.07, 6.45) is -5.39. The van der Waals surface area contributed by atoms with E-state index in [1.165, 1.54) is 17.0 Å². The quantitative estimate of drug-likeness (QED) is 0.658. The molecule has 4 rings (SSSR count). The fraction of sp³-hybridized carbons (Fsp3) is 0.294. The predicted octanol–water partition coefficient (Wildman–Crippen LogP) is 2.14. The van der Waals surface area contributed by atoms with Crippen molar-refractivity contribution in [2.45, 2.75) is 22.1 Å². The molecule has 1 fully saturated rings. The molecule has 1 aliphatic heterocycles. The molecule has 29 heavy (non-hydrogen) atoms. The van der Waals surface area contributed by atoms with Crippen molar-refractivity contribution in [3.8, 4) is 0 Å². The predicted molar refractivity (Wildman–Crippen MR) is 98.2 cm³/mol. The Morgan fingerprint density at radius 3 is 2.62 bits per heavy atom. The highest BCUT2D eigenvalue weighted by atomic mass is 32.2. The van der Waals surface area contributed by atoms with E-state index in [4.69, 9.17) is 10.5 Å². The van der Waals surface area contributed by atoms with Gasteiger partial charge in [0.05, 0.1) is 18.0 Å². The van der Waals surface area contributed by atoms with Crippen LogP contribution in [0.25, 0.3) is 11.0 Å². The number of sulfone groups is 1. The molecule has 154 valence electrons. The molecular formula is C17H16F3N5O3S. The molecule has 1 saturated heterocycles. The first-order valence-electron chi connectivity index (χ1n) is 8.55. The Hall–Kier alpha value is -2.86. The number of aromatic nitrogens is 3. The number of alkyl halides is 3. The van der Waals surface area contributed by atoms with Crippen molar-refractivity contribution in [1.82, 2.24) is 15.0 Å². The number of halogens is 3. The number of aromatic amines is 1. The number of anilines is 2. The number of benzene rings is 1. The molecule has 3 aromatic rings. The SMILES string of the molecule is Nc1[nH]c2c(N3CCOC(C(F)(F)F)C3)ncnc2c1S(=O)(=O)c1ccccc1. The van der Waals surface area contributed by atoms with E-state index < -0.39 is 28.7 Å². The zero-order valence-corrected chi connectivity index (χ0v) is 15.7. The largest absolute Gasteiger partial charge is 0.416 e. The number of hydrogen-bond acceptors (Lipinski definition) is 7. The second-order valence-electron chi connectivity index (χ2n) is 6.45. The molecule has 1 aliphatic rings. The second kappa shape index (κ2) is 6.88. The summed E-state index contributed by atoms with van der Waals surface area (Å²) >= 11 is 0. The lowest BCUT2D eigenvalue weighted by atomic mass is 10.2. The molecule has 0 aliphatic carbocycles. The first-order valence-corrected chi connectivity index (χ1v) is 10.0. The van der Waals surface area contributed by atoms with Crippen molar-refractivity contribution in [3.05, 3.63) is 36.7 Å². The molecule has 0 spiro atoms. The van der Waals surface area contributed by atoms with E-state index >= 15 is 0 Å². The number of fused-ring (bicyclic) bond motifs is 1. The van der Waals surface area contributed by atoms with E-state index in [1.54, 1.807) is 18.2 Å². The minimum atomic E-state index is -4.53. The van der Waals surface area contributed by atoms with E-state index in [0.29, 0.717) is 0 Å². The van der Waals surface area contributed by atoms with Crippen LogP contribution in [0.2, 0.25) is 0 Å². The van der Waals surface area contributed by atoms with Gasteiger partial charge in [-0.15, -0.1) is 0 Å². The Morgan fingerprint density at radius 1 is 1.21 bits per heavy atom. The van der Waals surface area contributed by atoms with Crippen LogP contribution in [0.4, 0.5) is 24.8 Å². The summed E-state index contributed by atoms with van der Waals surface area (Å²) in [4.78, 5) is 12.0. The van der Waals surface area contributed by atoms with Crippen molar-refractivity contribution < 1.29 is 26.3 Å². The maximum Gasteiger partial charge on any atom is 0.416 e. The van der Waals surface area contributed by atoms with Gasteiger partial charge in [0.2, 0.25) is 9.84 Å². The monoisotopic (exact) mass is 427 g/mol. The number of morpholine rings is 1. The van der Waals surface area contributed by atoms with E-state index in [-0.39, 0.29) is 45.6 Å². The Balaban J connectivity index is 1.81. The number of nitrogens with zero attached hydrogens (tertiary/aromatic N) is 3. The van der Waals surface area contributed by atoms with Crippen LogP contribution in [0.5, 0.6) is 0 Å². The van der Waals surface area contributed by atoms with Crippen LogP contribution in [0.15, 0.2) is 46.5 Å². The molecule has 0 radical (unpaired) electrons. The Labute approximate surface area is 163 Å². The highest BCUT2D eigenvalue weighted by Crippen LogP contribution is 2.36. The lowest BCUT2D eigenvalue weighted by molar-refractivity contribution is -0.221. The Kier molecular flexibility index (Phi) is 4.62. The van der Waals surface area contributed by atoms with Gasteiger partial charge in [0.1, 0.15) is 28.1 Å². The zero-order chi connectivity index (χ0) is 20.8. The summed E-state index contributed by atoms with van der Waals surface area (Å²) in [7, 11) is -4.00. The van der Waals surface area contributed by atoms with Gasteiger partial charge in [-0.1, -0.05) is 18.2 Å². The third-order valence-corrected chi connectivity index (χ3v) is 6.44. The van der Waals surface area contributed by atoms with Gasteiger partial charge in [-0.05, 0) is 12.1 Å². The van der Waals surface area contributed by atoms with Crippen molar-refractivity contribution in [2.24, 2.45) is 0 Å². The van der Waals surface area contributed by atoms with Crippen molar-refractivity contribution in [2.75, 3.05) is 30.3 Å². The summed E-state index contributed by atoms with van der Waals surface area (Å²) in [5.74, 6) is -0.0278. The van der Waals surface area contributed by atoms with Crippen LogP contribution in [0.1, 0.15) is 0 Å². The van der Waals surface area contributed by atoms with Gasteiger partial charge in [-0.2, -0.15) is 13.2 Å². The van der Waals surface area contributed by atoms with Crippen LogP contribution < -0.4 is 10.6 Å². The van der Waals surface area contributed by atoms with Gasteiger partial charge in [0, 0.05) is 6.54 Å². The fourth-order valence-corrected chi connectivity index (χ4v) is 4.75. The van der Waals surface area contributed by atoms with E-state index in [2.05, 4.69) is 15.0 Å². The number of nitrogens with two attached hydrogens (primary N) is 1. The average Bonchev–Trinajstić information content (AvgIpc) is 3.04. The molecule has 8 nitrogen and oxygen atoms in total. The van der Waals surface area contributed by atoms with E-state index in [9.17, 15) is 21.6 Å². The minimum Gasteiger partial charge on any atom is -0.384 e. The van der Waals surface area contributed by atoms with Gasteiger partial charge in [-0.25, -0.2) is 18.4 Å². The third-order valence-electron chi connectivity index (χ3n) is 4.60. The van der Waals surface area contributed by atoms with Gasteiger partial charge in [0.15, 0.2) is 11.9 Å². The molecule has 1 unspecified atom stereocenters. The molecule has 3 heterocycles. The fourth-order valence-electron chi connectivity index (χ4n) is 3.25. The number of nitrogen functional groups attached to an aromatic ring is 1. The summed E-state index contributed by atoms with van der Waals surface area (Å²) in [6, 6.07) is 7.66. The molecule has 3 N–H and O–H groups in total. The summed E-state index contributed by atoms with van der Waals surface area (Å²) < 4.78 is 70.1. The minimum absolute atomic E-state index is 0.0198. The molecule has 0 bridgehead atoms. The van der Waals surface area contributed by atoms with E-state index in [1.807, 2.05) is 0 Å².